The highest BCUT2D eigenvalue weighted by Gasteiger charge is 2.47. The summed E-state index contributed by atoms with van der Waals surface area (Å²) in [4.78, 5) is 11.1. The predicted molar refractivity (Wildman–Crippen MR) is 190 cm³/mol. The van der Waals surface area contributed by atoms with Crippen LogP contribution in [0.2, 0.25) is 0 Å². The van der Waals surface area contributed by atoms with Crippen LogP contribution >= 0.6 is 0 Å². The summed E-state index contributed by atoms with van der Waals surface area (Å²) in [5.41, 5.74) is 5.08. The Balaban J connectivity index is 1.92. The third-order valence-electron chi connectivity index (χ3n) is 12.4. The summed E-state index contributed by atoms with van der Waals surface area (Å²) in [6.07, 6.45) is 2.29. The van der Waals surface area contributed by atoms with E-state index in [0.29, 0.717) is 23.3 Å². The third kappa shape index (κ3) is 7.88. The molecular formula is C41H59NO3. The third-order valence-corrected chi connectivity index (χ3v) is 12.4. The van der Waals surface area contributed by atoms with Crippen molar-refractivity contribution in [2.45, 2.75) is 114 Å². The molecule has 1 N–H and O–H groups in total. The summed E-state index contributed by atoms with van der Waals surface area (Å²) in [5, 5.41) is 21.1. The summed E-state index contributed by atoms with van der Waals surface area (Å²) in [6.45, 7) is 28.7. The molecule has 4 nitrogen and oxygen atoms in total. The molecule has 0 aliphatic rings. The van der Waals surface area contributed by atoms with E-state index in [4.69, 9.17) is 0 Å². The monoisotopic (exact) mass is 613 g/mol. The first-order valence-electron chi connectivity index (χ1n) is 16.8. The summed E-state index contributed by atoms with van der Waals surface area (Å²) < 4.78 is 0. The van der Waals surface area contributed by atoms with Gasteiger partial charge >= 0.3 is 0 Å². The Kier molecular flexibility index (Phi) is 11.2. The molecule has 4 unspecified atom stereocenters. The van der Waals surface area contributed by atoms with Crippen molar-refractivity contribution in [3.63, 3.8) is 0 Å². The highest BCUT2D eigenvalue weighted by Crippen LogP contribution is 2.58. The number of benzene rings is 3. The van der Waals surface area contributed by atoms with Crippen LogP contribution in [0.3, 0.4) is 0 Å². The second-order valence-electron chi connectivity index (χ2n) is 16.5. The molecule has 0 bridgehead atoms. The minimum absolute atomic E-state index is 0.0257. The van der Waals surface area contributed by atoms with Crippen LogP contribution < -0.4 is 0 Å². The van der Waals surface area contributed by atoms with E-state index in [0.717, 1.165) is 24.0 Å². The van der Waals surface area contributed by atoms with Crippen molar-refractivity contribution in [1.29, 1.82) is 0 Å². The lowest BCUT2D eigenvalue weighted by Gasteiger charge is -2.52. The van der Waals surface area contributed by atoms with Crippen LogP contribution in [-0.4, -0.2) is 10.0 Å². The maximum Gasteiger partial charge on any atom is 0.275 e. The lowest BCUT2D eigenvalue weighted by molar-refractivity contribution is -0.385. The average molecular weight is 614 g/mol. The molecule has 0 radical (unpaired) electrons. The molecule has 0 aliphatic carbocycles. The Hall–Kier alpha value is -2.98. The second-order valence-corrected chi connectivity index (χ2v) is 16.5. The zero-order valence-electron chi connectivity index (χ0n) is 30.1. The van der Waals surface area contributed by atoms with Gasteiger partial charge in [-0.1, -0.05) is 144 Å². The van der Waals surface area contributed by atoms with Gasteiger partial charge in [-0.25, -0.2) is 0 Å². The Bertz CT molecular complexity index is 1410. The van der Waals surface area contributed by atoms with Crippen molar-refractivity contribution >= 4 is 5.69 Å². The molecule has 0 spiro atoms. The SMILES string of the molecule is CC(C(C)C(C)(C)CCC(c1ccccc1)C(C)(C)C(C)(C)C(C)c1ccc(-c2ccc(CO)c([N+](=O)[O-])c2)cc1)C(C)(C)C. The Labute approximate surface area is 273 Å². The smallest absolute Gasteiger partial charge is 0.275 e. The lowest BCUT2D eigenvalue weighted by atomic mass is 9.52. The van der Waals surface area contributed by atoms with Gasteiger partial charge in [0.25, 0.3) is 5.69 Å². The maximum atomic E-state index is 11.6. The normalized spacial score (nSPS) is 15.8. The van der Waals surface area contributed by atoms with Gasteiger partial charge in [0.2, 0.25) is 0 Å². The Morgan fingerprint density at radius 1 is 0.711 bits per heavy atom. The van der Waals surface area contributed by atoms with Crippen molar-refractivity contribution < 1.29 is 10.0 Å². The molecule has 0 fully saturated rings. The van der Waals surface area contributed by atoms with E-state index in [2.05, 4.69) is 138 Å². The van der Waals surface area contributed by atoms with Gasteiger partial charge in [-0.2, -0.15) is 0 Å². The molecule has 0 saturated heterocycles. The van der Waals surface area contributed by atoms with Gasteiger partial charge in [0.15, 0.2) is 0 Å². The first-order chi connectivity index (χ1) is 20.8. The number of hydrogen-bond acceptors (Lipinski definition) is 3. The van der Waals surface area contributed by atoms with Gasteiger partial charge < -0.3 is 5.11 Å². The van der Waals surface area contributed by atoms with E-state index < -0.39 is 4.92 Å². The lowest BCUT2D eigenvalue weighted by Crippen LogP contribution is -2.42. The first-order valence-corrected chi connectivity index (χ1v) is 16.8. The topological polar surface area (TPSA) is 63.4 Å². The predicted octanol–water partition coefficient (Wildman–Crippen LogP) is 11.8. The average Bonchev–Trinajstić information content (AvgIpc) is 2.99. The number of aliphatic hydroxyl groups is 1. The fraction of sp³-hybridized carbons (Fsp3) is 0.561. The highest BCUT2D eigenvalue weighted by atomic mass is 16.6. The standard InChI is InChI=1S/C41H59NO3/c1-28(38(4,5)6)29(2)39(7,8)25-24-36(33-16-14-13-15-17-33)41(11,12)40(9,10)30(3)31-18-20-32(21-19-31)34-22-23-35(27-43)37(26-34)42(44)45/h13-23,26,28-30,36,43H,24-25,27H2,1-12H3. The number of nitro benzene ring substituents is 1. The van der Waals surface area contributed by atoms with Gasteiger partial charge in [0.05, 0.1) is 17.1 Å². The van der Waals surface area contributed by atoms with Crippen LogP contribution in [0.4, 0.5) is 5.69 Å². The van der Waals surface area contributed by atoms with Gasteiger partial charge in [-0.3, -0.25) is 10.1 Å². The maximum absolute atomic E-state index is 11.6. The van der Waals surface area contributed by atoms with Gasteiger partial charge in [-0.15, -0.1) is 0 Å². The van der Waals surface area contributed by atoms with Crippen LogP contribution in [0, 0.1) is 43.6 Å². The van der Waals surface area contributed by atoms with Crippen molar-refractivity contribution in [3.8, 4) is 11.1 Å². The van der Waals surface area contributed by atoms with Crippen LogP contribution in [0.25, 0.3) is 11.1 Å². The molecule has 3 aromatic rings. The van der Waals surface area contributed by atoms with E-state index in [1.165, 1.54) is 11.1 Å². The molecule has 3 rings (SSSR count). The number of hydrogen-bond donors (Lipinski definition) is 1. The van der Waals surface area contributed by atoms with Crippen LogP contribution in [0.5, 0.6) is 0 Å². The van der Waals surface area contributed by atoms with Crippen molar-refractivity contribution in [2.24, 2.45) is 33.5 Å². The van der Waals surface area contributed by atoms with Gasteiger partial charge in [0, 0.05) is 6.07 Å². The van der Waals surface area contributed by atoms with Crippen LogP contribution in [0.15, 0.2) is 72.8 Å². The zero-order chi connectivity index (χ0) is 34.0. The van der Waals surface area contributed by atoms with Crippen molar-refractivity contribution in [3.05, 3.63) is 99.6 Å². The summed E-state index contributed by atoms with van der Waals surface area (Å²) in [6, 6.07) is 24.7. The summed E-state index contributed by atoms with van der Waals surface area (Å²) in [7, 11) is 0. The quantitative estimate of drug-likeness (QED) is 0.154. The molecule has 0 saturated carbocycles. The minimum atomic E-state index is -0.424. The highest BCUT2D eigenvalue weighted by molar-refractivity contribution is 5.67. The summed E-state index contributed by atoms with van der Waals surface area (Å²) in [5.74, 6) is 1.88. The first kappa shape index (κ1) is 36.5. The Morgan fingerprint density at radius 3 is 1.78 bits per heavy atom. The van der Waals surface area contributed by atoms with Gasteiger partial charge in [-0.05, 0) is 86.5 Å². The Morgan fingerprint density at radius 2 is 1.27 bits per heavy atom. The van der Waals surface area contributed by atoms with E-state index in [-0.39, 0.29) is 39.9 Å². The van der Waals surface area contributed by atoms with Crippen molar-refractivity contribution in [1.82, 2.24) is 0 Å². The molecule has 4 heteroatoms. The molecule has 3 aromatic carbocycles. The van der Waals surface area contributed by atoms with Crippen LogP contribution in [0.1, 0.15) is 124 Å². The molecule has 45 heavy (non-hydrogen) atoms. The molecule has 0 aromatic heterocycles. The molecular weight excluding hydrogens is 554 g/mol. The number of rotatable bonds is 13. The van der Waals surface area contributed by atoms with E-state index in [9.17, 15) is 15.2 Å². The number of aliphatic hydroxyl groups excluding tert-OH is 1. The summed E-state index contributed by atoms with van der Waals surface area (Å²) >= 11 is 0. The molecule has 0 amide bonds. The van der Waals surface area contributed by atoms with E-state index >= 15 is 0 Å². The van der Waals surface area contributed by atoms with Crippen molar-refractivity contribution in [2.75, 3.05) is 0 Å². The zero-order valence-corrected chi connectivity index (χ0v) is 30.1. The number of nitrogens with zero attached hydrogens (tertiary/aromatic N) is 1. The fourth-order valence-corrected chi connectivity index (χ4v) is 7.24. The van der Waals surface area contributed by atoms with Crippen LogP contribution in [-0.2, 0) is 6.61 Å². The number of nitro groups is 1. The van der Waals surface area contributed by atoms with Gasteiger partial charge in [0.1, 0.15) is 0 Å². The molecule has 4 atom stereocenters. The minimum Gasteiger partial charge on any atom is -0.391 e. The molecule has 0 aliphatic heterocycles. The fourth-order valence-electron chi connectivity index (χ4n) is 7.24. The largest absolute Gasteiger partial charge is 0.391 e. The molecule has 246 valence electrons. The van der Waals surface area contributed by atoms with E-state index in [1.54, 1.807) is 12.1 Å². The molecule has 0 heterocycles. The second kappa shape index (κ2) is 13.8. The van der Waals surface area contributed by atoms with E-state index in [1.807, 2.05) is 6.07 Å².